The molecule has 0 saturated heterocycles. The summed E-state index contributed by atoms with van der Waals surface area (Å²) in [4.78, 5) is 12.1. The van der Waals surface area contributed by atoms with Gasteiger partial charge in [0.2, 0.25) is 5.82 Å². The van der Waals surface area contributed by atoms with Crippen molar-refractivity contribution in [3.05, 3.63) is 95.2 Å². The van der Waals surface area contributed by atoms with E-state index in [2.05, 4.69) is 6.58 Å². The molecule has 0 bridgehead atoms. The van der Waals surface area contributed by atoms with Crippen LogP contribution in [-0.4, -0.2) is 5.91 Å². The predicted molar refractivity (Wildman–Crippen MR) is 97.6 cm³/mol. The highest BCUT2D eigenvalue weighted by atomic mass is 19.2. The van der Waals surface area contributed by atoms with Crippen LogP contribution in [0.3, 0.4) is 0 Å². The number of rotatable bonds is 7. The van der Waals surface area contributed by atoms with E-state index in [1.165, 1.54) is 12.1 Å². The largest absolute Gasteiger partial charge is 0.485 e. The SMILES string of the molecule is C=CCc1ccccc1OCc1ccc(C(=O)Nc2c(F)c(F)c(F)c(F)c2F)o1. The van der Waals surface area contributed by atoms with E-state index in [1.54, 1.807) is 23.5 Å². The minimum atomic E-state index is -2.32. The molecule has 0 aliphatic rings. The number of anilines is 1. The fourth-order valence-corrected chi connectivity index (χ4v) is 2.58. The number of furan rings is 1. The number of carbonyl (C=O) groups excluding carboxylic acids is 1. The number of hydrogen-bond donors (Lipinski definition) is 1. The van der Waals surface area contributed by atoms with Crippen molar-refractivity contribution in [2.45, 2.75) is 13.0 Å². The molecule has 30 heavy (non-hydrogen) atoms. The van der Waals surface area contributed by atoms with Crippen molar-refractivity contribution in [1.29, 1.82) is 0 Å². The Balaban J connectivity index is 1.73. The number of nitrogens with one attached hydrogen (secondary N) is 1. The molecule has 2 aromatic carbocycles. The smallest absolute Gasteiger partial charge is 0.291 e. The maximum absolute atomic E-state index is 13.7. The van der Waals surface area contributed by atoms with Crippen molar-refractivity contribution >= 4 is 11.6 Å². The third-order valence-electron chi connectivity index (χ3n) is 4.04. The van der Waals surface area contributed by atoms with Gasteiger partial charge < -0.3 is 14.5 Å². The van der Waals surface area contributed by atoms with E-state index >= 15 is 0 Å². The molecule has 1 amide bonds. The molecule has 9 heteroatoms. The molecule has 0 radical (unpaired) electrons. The molecule has 3 aromatic rings. The van der Waals surface area contributed by atoms with Crippen molar-refractivity contribution in [3.63, 3.8) is 0 Å². The van der Waals surface area contributed by atoms with Crippen molar-refractivity contribution in [3.8, 4) is 5.75 Å². The first-order chi connectivity index (χ1) is 14.3. The number of hydrogen-bond acceptors (Lipinski definition) is 3. The van der Waals surface area contributed by atoms with E-state index < -0.39 is 46.4 Å². The van der Waals surface area contributed by atoms with Gasteiger partial charge in [0, 0.05) is 0 Å². The first kappa shape index (κ1) is 21.1. The number of amides is 1. The molecule has 0 saturated carbocycles. The second-order valence-electron chi connectivity index (χ2n) is 6.05. The minimum absolute atomic E-state index is 0.0655. The zero-order chi connectivity index (χ0) is 21.8. The molecule has 0 aliphatic heterocycles. The molecular weight excluding hydrogens is 409 g/mol. The zero-order valence-corrected chi connectivity index (χ0v) is 15.3. The summed E-state index contributed by atoms with van der Waals surface area (Å²) in [5.74, 6) is -11.8. The minimum Gasteiger partial charge on any atom is -0.485 e. The van der Waals surface area contributed by atoms with Crippen LogP contribution in [0.25, 0.3) is 0 Å². The summed E-state index contributed by atoms with van der Waals surface area (Å²) in [5.41, 5.74) is -0.590. The van der Waals surface area contributed by atoms with E-state index in [4.69, 9.17) is 9.15 Å². The lowest BCUT2D eigenvalue weighted by Crippen LogP contribution is -2.16. The van der Waals surface area contributed by atoms with Crippen LogP contribution in [0, 0.1) is 29.1 Å². The second-order valence-corrected chi connectivity index (χ2v) is 6.05. The van der Waals surface area contributed by atoms with Gasteiger partial charge in [-0.2, -0.15) is 0 Å². The molecule has 156 valence electrons. The Morgan fingerprint density at radius 1 is 0.967 bits per heavy atom. The predicted octanol–water partition coefficient (Wildman–Crippen LogP) is 5.53. The van der Waals surface area contributed by atoms with Crippen molar-refractivity contribution in [2.24, 2.45) is 0 Å². The topological polar surface area (TPSA) is 51.5 Å². The third-order valence-corrected chi connectivity index (χ3v) is 4.04. The zero-order valence-electron chi connectivity index (χ0n) is 15.3. The molecule has 0 aliphatic carbocycles. The fourth-order valence-electron chi connectivity index (χ4n) is 2.58. The van der Waals surface area contributed by atoms with Gasteiger partial charge in [-0.25, -0.2) is 22.0 Å². The Bertz CT molecular complexity index is 1080. The lowest BCUT2D eigenvalue weighted by Gasteiger charge is -2.09. The number of benzene rings is 2. The van der Waals surface area contributed by atoms with Gasteiger partial charge in [-0.15, -0.1) is 6.58 Å². The maximum atomic E-state index is 13.7. The highest BCUT2D eigenvalue weighted by molar-refractivity contribution is 6.02. The Morgan fingerprint density at radius 2 is 1.60 bits per heavy atom. The first-order valence-electron chi connectivity index (χ1n) is 8.56. The van der Waals surface area contributed by atoms with Gasteiger partial charge >= 0.3 is 0 Å². The number of carbonyl (C=O) groups is 1. The Labute approximate surface area is 167 Å². The summed E-state index contributed by atoms with van der Waals surface area (Å²) >= 11 is 0. The molecule has 3 rings (SSSR count). The van der Waals surface area contributed by atoms with Gasteiger partial charge in [-0.05, 0) is 30.2 Å². The summed E-state index contributed by atoms with van der Waals surface area (Å²) in [6.45, 7) is 3.60. The number of allylic oxidation sites excluding steroid dienone is 1. The molecule has 0 spiro atoms. The first-order valence-corrected chi connectivity index (χ1v) is 8.56. The average molecular weight is 423 g/mol. The van der Waals surface area contributed by atoms with Gasteiger partial charge in [0.05, 0.1) is 0 Å². The molecule has 1 aromatic heterocycles. The summed E-state index contributed by atoms with van der Waals surface area (Å²) in [7, 11) is 0. The maximum Gasteiger partial charge on any atom is 0.291 e. The molecule has 1 N–H and O–H groups in total. The lowest BCUT2D eigenvalue weighted by molar-refractivity contribution is 0.0991. The van der Waals surface area contributed by atoms with Crippen LogP contribution in [0.5, 0.6) is 5.75 Å². The highest BCUT2D eigenvalue weighted by Gasteiger charge is 2.27. The van der Waals surface area contributed by atoms with E-state index in [1.807, 2.05) is 12.1 Å². The van der Waals surface area contributed by atoms with Crippen LogP contribution in [0.1, 0.15) is 21.9 Å². The standard InChI is InChI=1S/C21H14F5NO3/c1-2-5-11-6-3-4-7-13(11)29-10-12-8-9-14(30-12)21(28)27-20-18(25)16(23)15(22)17(24)19(20)26/h2-4,6-9H,1,5,10H2,(H,27,28). The Morgan fingerprint density at radius 3 is 2.27 bits per heavy atom. The summed E-state index contributed by atoms with van der Waals surface area (Å²) in [6.07, 6.45) is 2.28. The van der Waals surface area contributed by atoms with Gasteiger partial charge in [-0.3, -0.25) is 4.79 Å². The Kier molecular flexibility index (Phi) is 6.20. The van der Waals surface area contributed by atoms with E-state index in [9.17, 15) is 26.7 Å². The van der Waals surface area contributed by atoms with Gasteiger partial charge in [-0.1, -0.05) is 24.3 Å². The molecule has 1 heterocycles. The average Bonchev–Trinajstić information content (AvgIpc) is 3.22. The summed E-state index contributed by atoms with van der Waals surface area (Å²) < 4.78 is 77.9. The number of ether oxygens (including phenoxy) is 1. The van der Waals surface area contributed by atoms with Gasteiger partial charge in [0.15, 0.2) is 29.0 Å². The van der Waals surface area contributed by atoms with Gasteiger partial charge in [0.1, 0.15) is 23.8 Å². The van der Waals surface area contributed by atoms with E-state index in [0.717, 1.165) is 5.56 Å². The molecule has 0 unspecified atom stereocenters. The van der Waals surface area contributed by atoms with Crippen LogP contribution in [0.4, 0.5) is 27.6 Å². The molecule has 0 atom stereocenters. The van der Waals surface area contributed by atoms with Crippen LogP contribution in [0.15, 0.2) is 53.5 Å². The van der Waals surface area contributed by atoms with Crippen LogP contribution in [-0.2, 0) is 13.0 Å². The van der Waals surface area contributed by atoms with Crippen LogP contribution >= 0.6 is 0 Å². The summed E-state index contributed by atoms with van der Waals surface area (Å²) in [6, 6.07) is 9.74. The van der Waals surface area contributed by atoms with Crippen LogP contribution in [0.2, 0.25) is 0 Å². The molecule has 0 fully saturated rings. The monoisotopic (exact) mass is 423 g/mol. The summed E-state index contributed by atoms with van der Waals surface area (Å²) in [5, 5.41) is 1.64. The number of halogens is 5. The van der Waals surface area contributed by atoms with Crippen molar-refractivity contribution in [1.82, 2.24) is 0 Å². The second kappa shape index (κ2) is 8.81. The normalized spacial score (nSPS) is 10.7. The molecular formula is C21H14F5NO3. The molecule has 4 nitrogen and oxygen atoms in total. The quantitative estimate of drug-likeness (QED) is 0.235. The van der Waals surface area contributed by atoms with Crippen molar-refractivity contribution < 1.29 is 35.9 Å². The third kappa shape index (κ3) is 4.19. The number of para-hydroxylation sites is 1. The van der Waals surface area contributed by atoms with Gasteiger partial charge in [0.25, 0.3) is 5.91 Å². The lowest BCUT2D eigenvalue weighted by atomic mass is 10.1. The van der Waals surface area contributed by atoms with Crippen molar-refractivity contribution in [2.75, 3.05) is 5.32 Å². The van der Waals surface area contributed by atoms with E-state index in [0.29, 0.717) is 12.2 Å². The Hall–Kier alpha value is -3.62. The van der Waals surface area contributed by atoms with E-state index in [-0.39, 0.29) is 12.4 Å². The fraction of sp³-hybridized carbons (Fsp3) is 0.0952. The van der Waals surface area contributed by atoms with Crippen LogP contribution < -0.4 is 10.1 Å². The highest BCUT2D eigenvalue weighted by Crippen LogP contribution is 2.28.